The zero-order valence-electron chi connectivity index (χ0n) is 16.2. The summed E-state index contributed by atoms with van der Waals surface area (Å²) in [5.41, 5.74) is 0.843. The minimum absolute atomic E-state index is 0.0315. The van der Waals surface area contributed by atoms with Gasteiger partial charge in [0.25, 0.3) is 0 Å². The molecule has 2 saturated heterocycles. The van der Waals surface area contributed by atoms with E-state index < -0.39 is 0 Å². The van der Waals surface area contributed by atoms with Gasteiger partial charge in [0.1, 0.15) is 5.82 Å². The van der Waals surface area contributed by atoms with E-state index >= 15 is 0 Å². The number of hydrogen-bond acceptors (Lipinski definition) is 3. The molecule has 6 nitrogen and oxygen atoms in total. The highest BCUT2D eigenvalue weighted by Gasteiger charge is 2.29. The predicted molar refractivity (Wildman–Crippen MR) is 103 cm³/mol. The van der Waals surface area contributed by atoms with Crippen LogP contribution < -0.4 is 5.32 Å². The number of amides is 3. The van der Waals surface area contributed by atoms with E-state index in [0.717, 1.165) is 24.9 Å². The standard InChI is InChI=1S/C21H28FN3O3/c22-18-5-1-4-16(14-18)9-13-25-15-17(7-8-20(25)27)21(28)23-10-3-12-24-11-2-6-19(24)26/h1,4-5,14,17H,2-3,6-13,15H2,(H,23,28)/t17-/m0/s1. The number of hydrogen-bond donors (Lipinski definition) is 1. The maximum Gasteiger partial charge on any atom is 0.224 e. The Balaban J connectivity index is 1.40. The van der Waals surface area contributed by atoms with Gasteiger partial charge in [0.15, 0.2) is 0 Å². The van der Waals surface area contributed by atoms with Gasteiger partial charge in [0.05, 0.1) is 5.92 Å². The number of benzene rings is 1. The Labute approximate surface area is 165 Å². The van der Waals surface area contributed by atoms with E-state index in [0.29, 0.717) is 51.9 Å². The third-order valence-electron chi connectivity index (χ3n) is 5.51. The molecular formula is C21H28FN3O3. The zero-order valence-corrected chi connectivity index (χ0v) is 16.2. The summed E-state index contributed by atoms with van der Waals surface area (Å²) >= 11 is 0. The minimum atomic E-state index is -0.282. The summed E-state index contributed by atoms with van der Waals surface area (Å²) < 4.78 is 13.3. The molecule has 0 unspecified atom stereocenters. The first kappa shape index (κ1) is 20.3. The minimum Gasteiger partial charge on any atom is -0.356 e. The first-order valence-corrected chi connectivity index (χ1v) is 10.1. The van der Waals surface area contributed by atoms with Gasteiger partial charge in [0.2, 0.25) is 17.7 Å². The second kappa shape index (κ2) is 9.66. The molecule has 152 valence electrons. The molecule has 2 heterocycles. The third kappa shape index (κ3) is 5.53. The summed E-state index contributed by atoms with van der Waals surface area (Å²) in [7, 11) is 0. The van der Waals surface area contributed by atoms with Crippen LogP contribution in [0.5, 0.6) is 0 Å². The number of carbonyl (C=O) groups excluding carboxylic acids is 3. The third-order valence-corrected chi connectivity index (χ3v) is 5.51. The SMILES string of the molecule is O=C(NCCCN1CCCC1=O)[C@H]1CCC(=O)N(CCc2cccc(F)c2)C1. The van der Waals surface area contributed by atoms with E-state index in [-0.39, 0.29) is 29.5 Å². The van der Waals surface area contributed by atoms with E-state index in [1.54, 1.807) is 11.0 Å². The second-order valence-corrected chi connectivity index (χ2v) is 7.58. The molecule has 1 atom stereocenters. The topological polar surface area (TPSA) is 69.7 Å². The largest absolute Gasteiger partial charge is 0.356 e. The van der Waals surface area contributed by atoms with Crippen LogP contribution in [0.4, 0.5) is 4.39 Å². The molecule has 0 radical (unpaired) electrons. The molecule has 0 spiro atoms. The van der Waals surface area contributed by atoms with E-state index in [2.05, 4.69) is 5.32 Å². The van der Waals surface area contributed by atoms with Crippen LogP contribution in [-0.2, 0) is 20.8 Å². The number of nitrogens with zero attached hydrogens (tertiary/aromatic N) is 2. The van der Waals surface area contributed by atoms with Gasteiger partial charge in [0, 0.05) is 45.6 Å². The van der Waals surface area contributed by atoms with Crippen molar-refractivity contribution in [2.75, 3.05) is 32.7 Å². The van der Waals surface area contributed by atoms with Gasteiger partial charge in [-0.3, -0.25) is 14.4 Å². The van der Waals surface area contributed by atoms with Gasteiger partial charge < -0.3 is 15.1 Å². The normalized spacial score (nSPS) is 20.0. The summed E-state index contributed by atoms with van der Waals surface area (Å²) in [6.45, 7) is 2.93. The van der Waals surface area contributed by atoms with Gasteiger partial charge in [-0.05, 0) is 43.4 Å². The molecule has 2 aliphatic heterocycles. The van der Waals surface area contributed by atoms with Crippen molar-refractivity contribution in [3.63, 3.8) is 0 Å². The number of piperidine rings is 1. The lowest BCUT2D eigenvalue weighted by molar-refractivity contribution is -0.138. The number of likely N-dealkylation sites (tertiary alicyclic amines) is 2. The van der Waals surface area contributed by atoms with Crippen molar-refractivity contribution in [1.82, 2.24) is 15.1 Å². The Morgan fingerprint density at radius 1 is 1.14 bits per heavy atom. The van der Waals surface area contributed by atoms with Crippen LogP contribution in [0.25, 0.3) is 0 Å². The van der Waals surface area contributed by atoms with Gasteiger partial charge in [-0.1, -0.05) is 12.1 Å². The Morgan fingerprint density at radius 3 is 2.71 bits per heavy atom. The molecule has 2 fully saturated rings. The second-order valence-electron chi connectivity index (χ2n) is 7.58. The maximum absolute atomic E-state index is 13.3. The molecule has 1 aromatic rings. The van der Waals surface area contributed by atoms with Crippen molar-refractivity contribution in [3.05, 3.63) is 35.6 Å². The molecule has 0 bridgehead atoms. The first-order chi connectivity index (χ1) is 13.5. The molecule has 1 aromatic carbocycles. The number of halogens is 1. The summed E-state index contributed by atoms with van der Waals surface area (Å²) in [6.07, 6.45) is 3.80. The van der Waals surface area contributed by atoms with Crippen molar-refractivity contribution in [3.8, 4) is 0 Å². The van der Waals surface area contributed by atoms with Crippen LogP contribution in [-0.4, -0.2) is 60.2 Å². The molecule has 3 rings (SSSR count). The van der Waals surface area contributed by atoms with E-state index in [9.17, 15) is 18.8 Å². The van der Waals surface area contributed by atoms with E-state index in [4.69, 9.17) is 0 Å². The van der Waals surface area contributed by atoms with Crippen molar-refractivity contribution < 1.29 is 18.8 Å². The molecule has 0 saturated carbocycles. The monoisotopic (exact) mass is 389 g/mol. The van der Waals surface area contributed by atoms with Crippen LogP contribution in [0.3, 0.4) is 0 Å². The van der Waals surface area contributed by atoms with E-state index in [1.807, 2.05) is 11.0 Å². The molecule has 2 aliphatic rings. The molecule has 0 aromatic heterocycles. The maximum atomic E-state index is 13.3. The van der Waals surface area contributed by atoms with Crippen LogP contribution in [0.15, 0.2) is 24.3 Å². The molecule has 3 amide bonds. The predicted octanol–water partition coefficient (Wildman–Crippen LogP) is 1.74. The molecular weight excluding hydrogens is 361 g/mol. The summed E-state index contributed by atoms with van der Waals surface area (Å²) in [5, 5.41) is 2.94. The van der Waals surface area contributed by atoms with Gasteiger partial charge >= 0.3 is 0 Å². The van der Waals surface area contributed by atoms with Crippen molar-refractivity contribution >= 4 is 17.7 Å². The van der Waals surface area contributed by atoms with Crippen molar-refractivity contribution in [2.45, 2.75) is 38.5 Å². The molecule has 1 N–H and O–H groups in total. The lowest BCUT2D eigenvalue weighted by Crippen LogP contribution is -2.46. The smallest absolute Gasteiger partial charge is 0.224 e. The Bertz CT molecular complexity index is 725. The van der Waals surface area contributed by atoms with Crippen LogP contribution in [0.1, 0.15) is 37.7 Å². The van der Waals surface area contributed by atoms with Crippen LogP contribution in [0, 0.1) is 11.7 Å². The Kier molecular flexibility index (Phi) is 7.01. The Hall–Kier alpha value is -2.44. The average molecular weight is 389 g/mol. The number of carbonyl (C=O) groups is 3. The fourth-order valence-corrected chi connectivity index (χ4v) is 3.87. The van der Waals surface area contributed by atoms with Crippen LogP contribution in [0.2, 0.25) is 0 Å². The van der Waals surface area contributed by atoms with Crippen molar-refractivity contribution in [1.29, 1.82) is 0 Å². The zero-order chi connectivity index (χ0) is 19.9. The highest BCUT2D eigenvalue weighted by atomic mass is 19.1. The summed E-state index contributed by atoms with van der Waals surface area (Å²) in [6, 6.07) is 6.38. The lowest BCUT2D eigenvalue weighted by atomic mass is 9.96. The molecule has 0 aliphatic carbocycles. The summed E-state index contributed by atoms with van der Waals surface area (Å²) in [4.78, 5) is 39.8. The van der Waals surface area contributed by atoms with Gasteiger partial charge in [-0.15, -0.1) is 0 Å². The van der Waals surface area contributed by atoms with E-state index in [1.165, 1.54) is 12.1 Å². The first-order valence-electron chi connectivity index (χ1n) is 10.1. The Morgan fingerprint density at radius 2 is 1.96 bits per heavy atom. The fraction of sp³-hybridized carbons (Fsp3) is 0.571. The molecule has 28 heavy (non-hydrogen) atoms. The summed E-state index contributed by atoms with van der Waals surface area (Å²) in [5.74, 6) is -0.274. The van der Waals surface area contributed by atoms with Gasteiger partial charge in [-0.2, -0.15) is 0 Å². The highest BCUT2D eigenvalue weighted by molar-refractivity contribution is 5.83. The van der Waals surface area contributed by atoms with Gasteiger partial charge in [-0.25, -0.2) is 4.39 Å². The lowest BCUT2D eigenvalue weighted by Gasteiger charge is -2.32. The average Bonchev–Trinajstić information content (AvgIpc) is 3.09. The number of rotatable bonds is 8. The van der Waals surface area contributed by atoms with Crippen LogP contribution >= 0.6 is 0 Å². The quantitative estimate of drug-likeness (QED) is 0.689. The highest BCUT2D eigenvalue weighted by Crippen LogP contribution is 2.19. The molecule has 7 heteroatoms. The van der Waals surface area contributed by atoms with Crippen molar-refractivity contribution in [2.24, 2.45) is 5.92 Å². The fourth-order valence-electron chi connectivity index (χ4n) is 3.87. The number of nitrogens with one attached hydrogen (secondary N) is 1.